The van der Waals surface area contributed by atoms with Crippen molar-refractivity contribution in [2.24, 2.45) is 0 Å². The number of para-hydroxylation sites is 1. The first-order valence-electron chi connectivity index (χ1n) is 5.48. The van der Waals surface area contributed by atoms with Crippen molar-refractivity contribution < 1.29 is 4.39 Å². The number of benzene rings is 2. The van der Waals surface area contributed by atoms with Gasteiger partial charge < -0.3 is 5.32 Å². The number of rotatable bonds is 4. The summed E-state index contributed by atoms with van der Waals surface area (Å²) in [5.41, 5.74) is 1.72. The molecule has 2 aromatic rings. The van der Waals surface area contributed by atoms with Crippen LogP contribution in [0.1, 0.15) is 5.56 Å². The Hall–Kier alpha value is -1.54. The van der Waals surface area contributed by atoms with Crippen LogP contribution in [0, 0.1) is 5.82 Å². The normalized spacial score (nSPS) is 10.2. The second-order valence-corrected chi connectivity index (χ2v) is 4.22. The van der Waals surface area contributed by atoms with Gasteiger partial charge in [0.1, 0.15) is 5.82 Å². The van der Waals surface area contributed by atoms with Crippen LogP contribution in [0.2, 0.25) is 5.02 Å². The Labute approximate surface area is 105 Å². The maximum absolute atomic E-state index is 13.3. The van der Waals surface area contributed by atoms with Crippen LogP contribution in [0.25, 0.3) is 0 Å². The predicted octanol–water partition coefficient (Wildman–Crippen LogP) is 4.13. The molecule has 3 heteroatoms. The summed E-state index contributed by atoms with van der Waals surface area (Å²) in [6.45, 7) is 0.697. The van der Waals surface area contributed by atoms with Crippen molar-refractivity contribution in [1.29, 1.82) is 0 Å². The second kappa shape index (κ2) is 5.69. The highest BCUT2D eigenvalue weighted by atomic mass is 35.5. The molecule has 0 radical (unpaired) electrons. The zero-order valence-corrected chi connectivity index (χ0v) is 10.0. The van der Waals surface area contributed by atoms with Crippen molar-refractivity contribution >= 4 is 17.3 Å². The Morgan fingerprint density at radius 2 is 1.71 bits per heavy atom. The fraction of sp³-hybridized carbons (Fsp3) is 0.143. The maximum atomic E-state index is 13.3. The van der Waals surface area contributed by atoms with Crippen molar-refractivity contribution in [3.05, 3.63) is 64.9 Å². The van der Waals surface area contributed by atoms with Crippen LogP contribution >= 0.6 is 11.6 Å². The van der Waals surface area contributed by atoms with Crippen LogP contribution in [0.5, 0.6) is 0 Å². The lowest BCUT2D eigenvalue weighted by atomic mass is 10.1. The van der Waals surface area contributed by atoms with E-state index in [9.17, 15) is 4.39 Å². The first-order valence-corrected chi connectivity index (χ1v) is 5.86. The molecule has 0 spiro atoms. The molecule has 0 atom stereocenters. The minimum Gasteiger partial charge on any atom is -0.382 e. The van der Waals surface area contributed by atoms with Gasteiger partial charge in [0.15, 0.2) is 0 Å². The number of hydrogen-bond acceptors (Lipinski definition) is 1. The molecule has 0 heterocycles. The van der Waals surface area contributed by atoms with Gasteiger partial charge in [-0.15, -0.1) is 0 Å². The fourth-order valence-electron chi connectivity index (χ4n) is 1.60. The minimum atomic E-state index is -0.219. The summed E-state index contributed by atoms with van der Waals surface area (Å²) in [6.07, 6.45) is 0.839. The molecule has 0 saturated heterocycles. The van der Waals surface area contributed by atoms with Crippen molar-refractivity contribution in [3.8, 4) is 0 Å². The topological polar surface area (TPSA) is 12.0 Å². The summed E-state index contributed by atoms with van der Waals surface area (Å²) in [6, 6.07) is 14.4. The van der Waals surface area contributed by atoms with E-state index >= 15 is 0 Å². The molecular formula is C14H13ClFN. The first-order chi connectivity index (χ1) is 8.25. The van der Waals surface area contributed by atoms with Gasteiger partial charge >= 0.3 is 0 Å². The second-order valence-electron chi connectivity index (χ2n) is 3.78. The molecule has 0 amide bonds. The highest BCUT2D eigenvalue weighted by Gasteiger charge is 1.99. The average Bonchev–Trinajstić information content (AvgIpc) is 2.34. The minimum absolute atomic E-state index is 0.219. The van der Waals surface area contributed by atoms with Crippen LogP contribution in [-0.2, 0) is 6.42 Å². The number of nitrogens with one attached hydrogen (secondary N) is 1. The average molecular weight is 250 g/mol. The highest BCUT2D eigenvalue weighted by Crippen LogP contribution is 2.13. The summed E-state index contributed by atoms with van der Waals surface area (Å²) in [5, 5.41) is 3.80. The van der Waals surface area contributed by atoms with Gasteiger partial charge in [0.25, 0.3) is 0 Å². The highest BCUT2D eigenvalue weighted by molar-refractivity contribution is 6.30. The van der Waals surface area contributed by atoms with Gasteiger partial charge in [-0.25, -0.2) is 4.39 Å². The molecule has 0 bridgehead atoms. The summed E-state index contributed by atoms with van der Waals surface area (Å²) < 4.78 is 13.3. The molecule has 1 N–H and O–H groups in total. The number of hydrogen-bond donors (Lipinski definition) is 1. The molecule has 0 aliphatic heterocycles. The van der Waals surface area contributed by atoms with Crippen LogP contribution in [0.3, 0.4) is 0 Å². The third-order valence-corrected chi connectivity index (χ3v) is 2.77. The van der Waals surface area contributed by atoms with E-state index in [0.29, 0.717) is 12.2 Å². The van der Waals surface area contributed by atoms with E-state index in [-0.39, 0.29) is 5.82 Å². The molecule has 1 nitrogen and oxygen atoms in total. The van der Waals surface area contributed by atoms with E-state index in [1.807, 2.05) is 30.3 Å². The Morgan fingerprint density at radius 3 is 2.41 bits per heavy atom. The first kappa shape index (κ1) is 11.9. The molecule has 0 aliphatic rings. The van der Waals surface area contributed by atoms with Crippen molar-refractivity contribution in [3.63, 3.8) is 0 Å². The van der Waals surface area contributed by atoms with E-state index in [0.717, 1.165) is 11.4 Å². The van der Waals surface area contributed by atoms with Crippen LogP contribution in [0.15, 0.2) is 48.5 Å². The SMILES string of the molecule is Fc1ccccc1NCCc1ccc(Cl)cc1. The lowest BCUT2D eigenvalue weighted by Gasteiger charge is -2.07. The standard InChI is InChI=1S/C14H13ClFN/c15-12-7-5-11(6-8-12)9-10-17-14-4-2-1-3-13(14)16/h1-8,17H,9-10H2. The zero-order valence-electron chi connectivity index (χ0n) is 9.29. The molecule has 0 saturated carbocycles. The van der Waals surface area contributed by atoms with Gasteiger partial charge in [0.2, 0.25) is 0 Å². The molecule has 0 aromatic heterocycles. The molecule has 0 fully saturated rings. The largest absolute Gasteiger partial charge is 0.382 e. The molecule has 2 aromatic carbocycles. The van der Waals surface area contributed by atoms with E-state index in [2.05, 4.69) is 5.32 Å². The number of halogens is 2. The Balaban J connectivity index is 1.88. The van der Waals surface area contributed by atoms with Gasteiger partial charge in [-0.1, -0.05) is 35.9 Å². The van der Waals surface area contributed by atoms with Crippen LogP contribution < -0.4 is 5.32 Å². The van der Waals surface area contributed by atoms with Crippen molar-refractivity contribution in [2.45, 2.75) is 6.42 Å². The van der Waals surface area contributed by atoms with Gasteiger partial charge in [-0.3, -0.25) is 0 Å². The lowest BCUT2D eigenvalue weighted by molar-refractivity contribution is 0.630. The molecular weight excluding hydrogens is 237 g/mol. The quantitative estimate of drug-likeness (QED) is 0.859. The van der Waals surface area contributed by atoms with E-state index < -0.39 is 0 Å². The summed E-state index contributed by atoms with van der Waals surface area (Å²) in [4.78, 5) is 0. The van der Waals surface area contributed by atoms with Crippen molar-refractivity contribution in [1.82, 2.24) is 0 Å². The number of anilines is 1. The van der Waals surface area contributed by atoms with Crippen molar-refractivity contribution in [2.75, 3.05) is 11.9 Å². The van der Waals surface area contributed by atoms with Crippen LogP contribution in [-0.4, -0.2) is 6.54 Å². The third-order valence-electron chi connectivity index (χ3n) is 2.52. The van der Waals surface area contributed by atoms with E-state index in [1.54, 1.807) is 12.1 Å². The molecule has 0 unspecified atom stereocenters. The third kappa shape index (κ3) is 3.46. The van der Waals surface area contributed by atoms with Gasteiger partial charge in [0.05, 0.1) is 5.69 Å². The predicted molar refractivity (Wildman–Crippen MR) is 70.0 cm³/mol. The molecule has 2 rings (SSSR count). The summed E-state index contributed by atoms with van der Waals surface area (Å²) in [7, 11) is 0. The summed E-state index contributed by atoms with van der Waals surface area (Å²) >= 11 is 5.80. The van der Waals surface area contributed by atoms with Crippen LogP contribution in [0.4, 0.5) is 10.1 Å². The fourth-order valence-corrected chi connectivity index (χ4v) is 1.72. The lowest BCUT2D eigenvalue weighted by Crippen LogP contribution is -2.06. The van der Waals surface area contributed by atoms with E-state index in [4.69, 9.17) is 11.6 Å². The Bertz CT molecular complexity index is 482. The smallest absolute Gasteiger partial charge is 0.146 e. The van der Waals surface area contributed by atoms with E-state index in [1.165, 1.54) is 11.6 Å². The van der Waals surface area contributed by atoms with Gasteiger partial charge in [0, 0.05) is 11.6 Å². The Kier molecular flexibility index (Phi) is 3.99. The molecule has 0 aliphatic carbocycles. The Morgan fingerprint density at radius 1 is 1.00 bits per heavy atom. The molecule has 88 valence electrons. The zero-order chi connectivity index (χ0) is 12.1. The summed E-state index contributed by atoms with van der Waals surface area (Å²) in [5.74, 6) is -0.219. The van der Waals surface area contributed by atoms with Gasteiger partial charge in [-0.05, 0) is 36.2 Å². The monoisotopic (exact) mass is 249 g/mol. The molecule has 17 heavy (non-hydrogen) atoms. The van der Waals surface area contributed by atoms with Gasteiger partial charge in [-0.2, -0.15) is 0 Å². The maximum Gasteiger partial charge on any atom is 0.146 e.